The van der Waals surface area contributed by atoms with Crippen molar-refractivity contribution in [3.05, 3.63) is 10.6 Å². The molecule has 0 amide bonds. The molecule has 2 aromatic heterocycles. The van der Waals surface area contributed by atoms with Gasteiger partial charge in [-0.2, -0.15) is 15.0 Å². The highest BCUT2D eigenvalue weighted by molar-refractivity contribution is 7.28. The Morgan fingerprint density at radius 1 is 0.536 bits per heavy atom. The van der Waals surface area contributed by atoms with Crippen molar-refractivity contribution in [1.82, 2.24) is 15.0 Å². The highest BCUT2D eigenvalue weighted by Gasteiger charge is 2.23. The van der Waals surface area contributed by atoms with Crippen molar-refractivity contribution in [2.45, 2.75) is 0 Å². The SMILES string of the molecule is Bc1c(B)c(B)c2c(sc3c(B)c(B)c(B)c(-c4nc(Cl)nc(Cl)n4)c32)c1B. The number of hydrogen-bond donors (Lipinski definition) is 0. The number of hydrogen-bond acceptors (Lipinski definition) is 4. The van der Waals surface area contributed by atoms with Gasteiger partial charge in [-0.15, -0.1) is 22.3 Å². The average Bonchev–Trinajstić information content (AvgIpc) is 3.02. The maximum absolute atomic E-state index is 6.13. The first-order valence-electron chi connectivity index (χ1n) is 9.13. The molecule has 3 nitrogen and oxygen atoms in total. The van der Waals surface area contributed by atoms with Crippen molar-refractivity contribution in [2.24, 2.45) is 0 Å². The lowest BCUT2D eigenvalue weighted by Gasteiger charge is -2.16. The predicted octanol–water partition coefficient (Wildman–Crippen LogP) is -6.98. The molecule has 0 atom stereocenters. The van der Waals surface area contributed by atoms with E-state index >= 15 is 0 Å². The van der Waals surface area contributed by atoms with Crippen LogP contribution in [0.3, 0.4) is 0 Å². The lowest BCUT2D eigenvalue weighted by Crippen LogP contribution is -2.47. The molecule has 130 valence electrons. The van der Waals surface area contributed by atoms with E-state index in [4.69, 9.17) is 23.2 Å². The molecule has 0 aliphatic heterocycles. The second kappa shape index (κ2) is 6.89. The number of aromatic nitrogens is 3. The first-order chi connectivity index (χ1) is 13.1. The van der Waals surface area contributed by atoms with E-state index in [0.29, 0.717) is 5.82 Å². The van der Waals surface area contributed by atoms with E-state index in [1.807, 2.05) is 11.3 Å². The molecule has 28 heavy (non-hydrogen) atoms. The molecule has 0 unspecified atom stereocenters. The van der Waals surface area contributed by atoms with E-state index in [1.165, 1.54) is 52.9 Å². The lowest BCUT2D eigenvalue weighted by atomic mass is 9.64. The Labute approximate surface area is 184 Å². The van der Waals surface area contributed by atoms with Gasteiger partial charge in [0.25, 0.3) is 0 Å². The van der Waals surface area contributed by atoms with E-state index in [9.17, 15) is 0 Å². The van der Waals surface area contributed by atoms with Gasteiger partial charge in [0, 0.05) is 20.3 Å². The highest BCUT2D eigenvalue weighted by Crippen LogP contribution is 2.35. The van der Waals surface area contributed by atoms with Crippen LogP contribution in [0.25, 0.3) is 31.6 Å². The van der Waals surface area contributed by atoms with Crippen LogP contribution in [0.1, 0.15) is 0 Å². The standard InChI is InChI=1S/C15H14B7Cl2N3S/c16-4-2-1-3(13-25-14(23)27-15(24)26-13)5(17)7(19)9(21)11(1)28-12(2)10(22)8(20)6(4)18/h16-22H2. The van der Waals surface area contributed by atoms with Crippen LogP contribution in [0.2, 0.25) is 10.6 Å². The van der Waals surface area contributed by atoms with Crippen LogP contribution in [-0.4, -0.2) is 69.9 Å². The molecule has 0 saturated carbocycles. The Balaban J connectivity index is 2.34. The van der Waals surface area contributed by atoms with Gasteiger partial charge in [0.05, 0.1) is 0 Å². The molecule has 0 N–H and O–H groups in total. The van der Waals surface area contributed by atoms with Crippen LogP contribution in [0.5, 0.6) is 0 Å². The summed E-state index contributed by atoms with van der Waals surface area (Å²) in [7, 11) is 15.3. The Morgan fingerprint density at radius 2 is 1.00 bits per heavy atom. The summed E-state index contributed by atoms with van der Waals surface area (Å²) in [5, 5.41) is 2.71. The van der Waals surface area contributed by atoms with Gasteiger partial charge >= 0.3 is 0 Å². The van der Waals surface area contributed by atoms with Crippen LogP contribution in [-0.2, 0) is 0 Å². The molecule has 2 aromatic carbocycles. The maximum atomic E-state index is 6.13. The quantitative estimate of drug-likeness (QED) is 0.291. The summed E-state index contributed by atoms with van der Waals surface area (Å²) in [5.74, 6) is 0.533. The largest absolute Gasteiger partial charge is 0.227 e. The third-order valence-electron chi connectivity index (χ3n) is 6.21. The van der Waals surface area contributed by atoms with Gasteiger partial charge in [0.2, 0.25) is 10.6 Å². The van der Waals surface area contributed by atoms with Gasteiger partial charge in [0.15, 0.2) is 5.82 Å². The van der Waals surface area contributed by atoms with E-state index in [2.05, 4.69) is 69.9 Å². The second-order valence-corrected chi connectivity index (χ2v) is 9.15. The van der Waals surface area contributed by atoms with Crippen molar-refractivity contribution >= 4 is 148 Å². The molecule has 4 aromatic rings. The number of rotatable bonds is 1. The van der Waals surface area contributed by atoms with Crippen LogP contribution in [0, 0.1) is 0 Å². The molecule has 0 aliphatic rings. The topological polar surface area (TPSA) is 38.7 Å². The number of nitrogens with zero attached hydrogens (tertiary/aromatic N) is 3. The third kappa shape index (κ3) is 2.78. The molecule has 0 saturated heterocycles. The zero-order chi connectivity index (χ0) is 20.5. The monoisotopic (exact) mass is 415 g/mol. The Kier molecular flexibility index (Phi) is 4.92. The Morgan fingerprint density at radius 3 is 1.57 bits per heavy atom. The van der Waals surface area contributed by atoms with Crippen LogP contribution >= 0.6 is 34.5 Å². The number of halogens is 2. The van der Waals surface area contributed by atoms with Crippen molar-refractivity contribution in [2.75, 3.05) is 0 Å². The van der Waals surface area contributed by atoms with Crippen molar-refractivity contribution < 1.29 is 0 Å². The molecular weight excluding hydrogens is 401 g/mol. The average molecular weight is 415 g/mol. The molecule has 0 bridgehead atoms. The van der Waals surface area contributed by atoms with E-state index in [-0.39, 0.29) is 10.6 Å². The van der Waals surface area contributed by atoms with Gasteiger partial charge in [-0.05, 0) is 28.6 Å². The minimum atomic E-state index is 0.111. The van der Waals surface area contributed by atoms with Crippen molar-refractivity contribution in [3.8, 4) is 11.4 Å². The summed E-state index contributed by atoms with van der Waals surface area (Å²) in [6, 6.07) is 0. The molecular formula is C15H14B7Cl2N3S. The summed E-state index contributed by atoms with van der Waals surface area (Å²) in [6.45, 7) is 0. The van der Waals surface area contributed by atoms with Crippen LogP contribution in [0.4, 0.5) is 0 Å². The zero-order valence-electron chi connectivity index (χ0n) is 17.0. The summed E-state index contributed by atoms with van der Waals surface area (Å²) >= 11 is 14.1. The number of thiophene rings is 1. The molecule has 13 heteroatoms. The van der Waals surface area contributed by atoms with Gasteiger partial charge < -0.3 is 0 Å². The molecule has 0 aliphatic carbocycles. The van der Waals surface area contributed by atoms with Crippen LogP contribution in [0.15, 0.2) is 0 Å². The zero-order valence-corrected chi connectivity index (χ0v) is 19.3. The van der Waals surface area contributed by atoms with Crippen molar-refractivity contribution in [1.29, 1.82) is 0 Å². The van der Waals surface area contributed by atoms with E-state index in [0.717, 1.165) is 11.0 Å². The Hall–Kier alpha value is -1.30. The van der Waals surface area contributed by atoms with Crippen molar-refractivity contribution in [3.63, 3.8) is 0 Å². The fourth-order valence-corrected chi connectivity index (χ4v) is 5.86. The van der Waals surface area contributed by atoms with Gasteiger partial charge in [0.1, 0.15) is 54.9 Å². The Bertz CT molecular complexity index is 1310. The highest BCUT2D eigenvalue weighted by atomic mass is 35.5. The van der Waals surface area contributed by atoms with Crippen LogP contribution < -0.4 is 38.2 Å². The smallest absolute Gasteiger partial charge is 0.198 e. The number of fused-ring (bicyclic) bond motifs is 3. The lowest BCUT2D eigenvalue weighted by molar-refractivity contribution is 1.06. The second-order valence-electron chi connectivity index (χ2n) is 7.46. The summed E-state index contributed by atoms with van der Waals surface area (Å²) in [4.78, 5) is 12.8. The van der Waals surface area contributed by atoms with Gasteiger partial charge in [-0.1, -0.05) is 27.3 Å². The maximum Gasteiger partial charge on any atom is 0.227 e. The first kappa shape index (κ1) is 20.0. The normalized spacial score (nSPS) is 11.5. The summed E-state index contributed by atoms with van der Waals surface area (Å²) in [6.07, 6.45) is 0. The van der Waals surface area contributed by atoms with E-state index in [1.54, 1.807) is 0 Å². The molecule has 0 fully saturated rings. The minimum Gasteiger partial charge on any atom is -0.198 e. The fraction of sp³-hybridized carbons (Fsp3) is 0. The number of benzene rings is 2. The first-order valence-corrected chi connectivity index (χ1v) is 10.7. The predicted molar refractivity (Wildman–Crippen MR) is 145 cm³/mol. The molecule has 4 rings (SSSR count). The summed E-state index contributed by atoms with van der Waals surface area (Å²) < 4.78 is 2.60. The molecule has 0 radical (unpaired) electrons. The minimum absolute atomic E-state index is 0.111. The van der Waals surface area contributed by atoms with E-state index < -0.39 is 0 Å². The van der Waals surface area contributed by atoms with Gasteiger partial charge in [-0.25, -0.2) is 0 Å². The van der Waals surface area contributed by atoms with Gasteiger partial charge in [-0.3, -0.25) is 0 Å². The third-order valence-corrected chi connectivity index (χ3v) is 7.97. The molecule has 2 heterocycles. The summed E-state index contributed by atoms with van der Waals surface area (Å²) in [5.41, 5.74) is 10.0. The molecule has 0 spiro atoms. The fourth-order valence-electron chi connectivity index (χ4n) is 4.02.